The Morgan fingerprint density at radius 3 is 2.08 bits per heavy atom. The predicted molar refractivity (Wildman–Crippen MR) is 204 cm³/mol. The highest BCUT2D eigenvalue weighted by Gasteiger charge is 2.84. The highest BCUT2D eigenvalue weighted by Crippen LogP contribution is 2.89. The second kappa shape index (κ2) is 9.72. The lowest BCUT2D eigenvalue weighted by molar-refractivity contribution is -0.235. The van der Waals surface area contributed by atoms with Crippen LogP contribution in [0.4, 0.5) is 17.1 Å². The van der Waals surface area contributed by atoms with Crippen LogP contribution in [0.1, 0.15) is 88.5 Å². The minimum atomic E-state index is -0.00484. The summed E-state index contributed by atoms with van der Waals surface area (Å²) in [5, 5.41) is 0. The fourth-order valence-corrected chi connectivity index (χ4v) is 13.0. The molecule has 6 unspecified atom stereocenters. The topological polar surface area (TPSA) is 12.5 Å². The largest absolute Gasteiger partial charge is 0.455 e. The lowest BCUT2D eigenvalue weighted by Crippen LogP contribution is -2.74. The van der Waals surface area contributed by atoms with E-state index < -0.39 is 0 Å². The maximum absolute atomic E-state index is 7.34. The van der Waals surface area contributed by atoms with Gasteiger partial charge in [0.25, 0.3) is 0 Å². The number of benzene rings is 5. The number of ether oxygens (including phenoxy) is 1. The number of hydrogen-bond acceptors (Lipinski definition) is 2. The van der Waals surface area contributed by atoms with E-state index in [1.165, 1.54) is 89.0 Å². The Kier molecular flexibility index (Phi) is 5.72. The van der Waals surface area contributed by atoms with E-state index >= 15 is 0 Å². The third-order valence-corrected chi connectivity index (χ3v) is 15.0. The van der Waals surface area contributed by atoms with Gasteiger partial charge >= 0.3 is 0 Å². The van der Waals surface area contributed by atoms with E-state index in [-0.39, 0.29) is 16.2 Å². The van der Waals surface area contributed by atoms with Crippen molar-refractivity contribution in [3.63, 3.8) is 0 Å². The summed E-state index contributed by atoms with van der Waals surface area (Å²) in [7, 11) is 0. The summed E-state index contributed by atoms with van der Waals surface area (Å²) >= 11 is 0. The minimum absolute atomic E-state index is 0.00484. The second-order valence-electron chi connectivity index (χ2n) is 18.0. The summed E-state index contributed by atoms with van der Waals surface area (Å²) < 4.78 is 7.34. The molecule has 5 aromatic rings. The summed E-state index contributed by atoms with van der Waals surface area (Å²) in [4.78, 5) is 2.55. The smallest absolute Gasteiger partial charge is 0.155 e. The molecule has 4 saturated carbocycles. The number of fused-ring (bicyclic) bond motifs is 8. The first-order valence-corrected chi connectivity index (χ1v) is 19.2. The molecule has 6 aliphatic rings. The van der Waals surface area contributed by atoms with Crippen molar-refractivity contribution in [3.8, 4) is 22.6 Å². The number of rotatable bonds is 4. The van der Waals surface area contributed by atoms with E-state index in [1.807, 2.05) is 0 Å². The van der Waals surface area contributed by atoms with E-state index in [2.05, 4.69) is 148 Å². The van der Waals surface area contributed by atoms with Crippen LogP contribution in [0.3, 0.4) is 0 Å². The van der Waals surface area contributed by atoms with Gasteiger partial charge in [-0.25, -0.2) is 0 Å². The quantitative estimate of drug-likeness (QED) is 0.191. The third-order valence-electron chi connectivity index (χ3n) is 15.0. The van der Waals surface area contributed by atoms with E-state index in [0.717, 1.165) is 23.3 Å². The molecule has 6 atom stereocenters. The van der Waals surface area contributed by atoms with E-state index in [9.17, 15) is 0 Å². The van der Waals surface area contributed by atoms with Crippen LogP contribution >= 0.6 is 0 Å². The zero-order chi connectivity index (χ0) is 33.6. The molecule has 50 heavy (non-hydrogen) atoms. The van der Waals surface area contributed by atoms with Crippen molar-refractivity contribution < 1.29 is 4.74 Å². The highest BCUT2D eigenvalue weighted by molar-refractivity contribution is 5.86. The van der Waals surface area contributed by atoms with Gasteiger partial charge in [-0.15, -0.1) is 0 Å². The molecule has 0 N–H and O–H groups in total. The summed E-state index contributed by atoms with van der Waals surface area (Å²) in [6.45, 7) is 9.78. The van der Waals surface area contributed by atoms with Gasteiger partial charge in [0, 0.05) is 22.2 Å². The van der Waals surface area contributed by atoms with Crippen LogP contribution in [0.5, 0.6) is 11.5 Å². The number of para-hydroxylation sites is 2. The first-order chi connectivity index (χ1) is 24.2. The molecule has 1 heterocycles. The molecule has 0 radical (unpaired) electrons. The molecule has 5 aromatic carbocycles. The van der Waals surface area contributed by atoms with Crippen molar-refractivity contribution in [2.75, 3.05) is 4.90 Å². The monoisotopic (exact) mass is 653 g/mol. The van der Waals surface area contributed by atoms with Gasteiger partial charge in [0.2, 0.25) is 0 Å². The predicted octanol–water partition coefficient (Wildman–Crippen LogP) is 12.6. The van der Waals surface area contributed by atoms with Crippen LogP contribution in [-0.4, -0.2) is 0 Å². The Balaban J connectivity index is 1.16. The van der Waals surface area contributed by atoms with E-state index in [0.29, 0.717) is 17.3 Å². The molecular formula is C48H47NO. The van der Waals surface area contributed by atoms with Crippen molar-refractivity contribution in [3.05, 3.63) is 138 Å². The van der Waals surface area contributed by atoms with Crippen LogP contribution < -0.4 is 9.64 Å². The van der Waals surface area contributed by atoms with Gasteiger partial charge in [0.1, 0.15) is 5.75 Å². The van der Waals surface area contributed by atoms with Gasteiger partial charge < -0.3 is 9.64 Å². The average Bonchev–Trinajstić information content (AvgIpc) is 3.66. The van der Waals surface area contributed by atoms with E-state index in [1.54, 1.807) is 0 Å². The maximum Gasteiger partial charge on any atom is 0.155 e. The number of nitrogens with zero attached hydrogens (tertiary/aromatic N) is 1. The SMILES string of the molecule is CC1(C)CCC(C)(C)c2c(N(c3ccccc3)c3cccc4c3Oc3ccc(-c5ccccc5)cc3C43C4CC5CC6CC3C64C5)cccc21. The molecular weight excluding hydrogens is 607 g/mol. The number of hydrogen-bond donors (Lipinski definition) is 0. The first kappa shape index (κ1) is 29.4. The zero-order valence-corrected chi connectivity index (χ0v) is 29.9. The molecule has 2 heteroatoms. The molecule has 2 spiro atoms. The lowest BCUT2D eigenvalue weighted by atomic mass is 9.26. The Morgan fingerprint density at radius 2 is 1.30 bits per heavy atom. The summed E-state index contributed by atoms with van der Waals surface area (Å²) in [6, 6.07) is 43.3. The summed E-state index contributed by atoms with van der Waals surface area (Å²) in [5.74, 6) is 5.34. The standard InChI is InChI=1S/C48H47NO/c1-45(2)23-24-46(3,4)43-35(45)17-11-19-38(43)49(34-15-9-6-10-16-34)39-20-12-18-36-44(39)50-40-22-21-32(31-13-7-5-8-14-31)27-37(40)48(36)41-26-30-25-33-28-42(48)47(33,41)29-30/h5-22,27,30,33,41-42H,23-26,28-29H2,1-4H3. The minimum Gasteiger partial charge on any atom is -0.455 e. The van der Waals surface area contributed by atoms with Gasteiger partial charge in [0.05, 0.1) is 11.4 Å². The summed E-state index contributed by atoms with van der Waals surface area (Å²) in [6.07, 6.45) is 8.02. The molecule has 2 nitrogen and oxygen atoms in total. The first-order valence-electron chi connectivity index (χ1n) is 19.2. The fraction of sp³-hybridized carbons (Fsp3) is 0.375. The molecule has 250 valence electrons. The highest BCUT2D eigenvalue weighted by atomic mass is 16.5. The molecule has 4 fully saturated rings. The fourth-order valence-electron chi connectivity index (χ4n) is 13.0. The Morgan fingerprint density at radius 1 is 0.600 bits per heavy atom. The molecule has 2 bridgehead atoms. The van der Waals surface area contributed by atoms with Crippen molar-refractivity contribution in [1.29, 1.82) is 0 Å². The van der Waals surface area contributed by atoms with Crippen LogP contribution in [0.15, 0.2) is 115 Å². The third kappa shape index (κ3) is 3.51. The molecule has 1 aliphatic heterocycles. The van der Waals surface area contributed by atoms with Crippen LogP contribution in [0, 0.1) is 29.1 Å². The molecule has 5 aliphatic carbocycles. The Bertz CT molecular complexity index is 2200. The Labute approximate surface area is 297 Å². The normalized spacial score (nSPS) is 31.0. The van der Waals surface area contributed by atoms with Crippen LogP contribution in [-0.2, 0) is 16.2 Å². The molecule has 0 aromatic heterocycles. The Hall–Kier alpha value is -4.30. The zero-order valence-electron chi connectivity index (χ0n) is 29.9. The van der Waals surface area contributed by atoms with Crippen LogP contribution in [0.2, 0.25) is 0 Å². The van der Waals surface area contributed by atoms with Crippen LogP contribution in [0.25, 0.3) is 11.1 Å². The molecule has 0 saturated heterocycles. The van der Waals surface area contributed by atoms with Gasteiger partial charge in [0.15, 0.2) is 5.75 Å². The van der Waals surface area contributed by atoms with Crippen molar-refractivity contribution in [2.45, 2.75) is 82.5 Å². The van der Waals surface area contributed by atoms with Gasteiger partial charge in [-0.05, 0) is 137 Å². The van der Waals surface area contributed by atoms with Gasteiger partial charge in [-0.3, -0.25) is 0 Å². The van der Waals surface area contributed by atoms with Gasteiger partial charge in [-0.1, -0.05) is 107 Å². The van der Waals surface area contributed by atoms with Crippen molar-refractivity contribution >= 4 is 17.1 Å². The molecule has 0 amide bonds. The van der Waals surface area contributed by atoms with Crippen molar-refractivity contribution in [1.82, 2.24) is 0 Å². The lowest BCUT2D eigenvalue weighted by Gasteiger charge is -2.77. The van der Waals surface area contributed by atoms with Crippen molar-refractivity contribution in [2.24, 2.45) is 29.1 Å². The average molecular weight is 654 g/mol. The number of anilines is 3. The van der Waals surface area contributed by atoms with Gasteiger partial charge in [-0.2, -0.15) is 0 Å². The second-order valence-corrected chi connectivity index (χ2v) is 18.0. The molecule has 11 rings (SSSR count). The van der Waals surface area contributed by atoms with E-state index in [4.69, 9.17) is 4.74 Å². The maximum atomic E-state index is 7.34. The summed E-state index contributed by atoms with van der Waals surface area (Å²) in [5.41, 5.74) is 12.8.